The van der Waals surface area contributed by atoms with Crippen LogP contribution in [-0.2, 0) is 65.4 Å². The van der Waals surface area contributed by atoms with Gasteiger partial charge in [0.05, 0.1) is 12.7 Å². The van der Waals surface area contributed by atoms with Gasteiger partial charge in [0.15, 0.2) is 6.10 Å². The molecular formula is C55H79N7O14. The number of allylic oxidation sites excluding steroid dienone is 1. The van der Waals surface area contributed by atoms with E-state index in [0.29, 0.717) is 36.8 Å². The van der Waals surface area contributed by atoms with Gasteiger partial charge in [0.2, 0.25) is 35.4 Å². The van der Waals surface area contributed by atoms with Gasteiger partial charge >= 0.3 is 5.97 Å². The monoisotopic (exact) mass is 1060 g/mol. The fraction of sp³-hybridized carbons (Fsp3) is 0.600. The zero-order valence-electron chi connectivity index (χ0n) is 44.9. The topological polar surface area (TPSA) is 292 Å². The van der Waals surface area contributed by atoms with Crippen LogP contribution in [0.1, 0.15) is 97.1 Å². The molecule has 21 heteroatoms. The summed E-state index contributed by atoms with van der Waals surface area (Å²) >= 11 is 0. The smallest absolute Gasteiger partial charge is 0.329 e. The number of rotatable bonds is 18. The van der Waals surface area contributed by atoms with E-state index in [1.165, 1.54) is 50.1 Å². The molecule has 2 aromatic rings. The molecule has 8 N–H and O–H groups in total. The van der Waals surface area contributed by atoms with Gasteiger partial charge in [-0.05, 0) is 92.9 Å². The maximum atomic E-state index is 15.2. The van der Waals surface area contributed by atoms with Crippen molar-refractivity contribution < 1.29 is 67.9 Å². The quantitative estimate of drug-likeness (QED) is 0.0777. The van der Waals surface area contributed by atoms with Crippen molar-refractivity contribution in [2.24, 2.45) is 17.8 Å². The van der Waals surface area contributed by atoms with Crippen LogP contribution in [-0.4, -0.2) is 167 Å². The Balaban J connectivity index is 1.64. The van der Waals surface area contributed by atoms with Crippen molar-refractivity contribution in [3.8, 4) is 5.75 Å². The lowest BCUT2D eigenvalue weighted by Gasteiger charge is -2.46. The van der Waals surface area contributed by atoms with Crippen molar-refractivity contribution in [3.63, 3.8) is 0 Å². The minimum atomic E-state index is -1.78. The molecule has 1 unspecified atom stereocenters. The molecule has 2 aliphatic heterocycles. The second kappa shape index (κ2) is 28.6. The van der Waals surface area contributed by atoms with Crippen LogP contribution in [0, 0.1) is 17.8 Å². The third kappa shape index (κ3) is 15.8. The number of fused-ring (bicyclic) bond motifs is 2. The van der Waals surface area contributed by atoms with Crippen LogP contribution < -0.4 is 26.6 Å². The van der Waals surface area contributed by atoms with Gasteiger partial charge in [0.1, 0.15) is 60.4 Å². The van der Waals surface area contributed by atoms with Gasteiger partial charge in [0, 0.05) is 27.7 Å². The van der Waals surface area contributed by atoms with Gasteiger partial charge in [0.25, 0.3) is 5.91 Å². The first-order chi connectivity index (χ1) is 36.2. The number of amides is 7. The number of aliphatic hydroxyl groups excluding tert-OH is 2. The number of carbonyl (C=O) groups is 8. The molecule has 76 heavy (non-hydrogen) atoms. The first kappa shape index (κ1) is 60.4. The number of aliphatic hydroxyl groups is 2. The number of carbonyl (C=O) groups excluding carboxylic acids is 8. The van der Waals surface area contributed by atoms with E-state index in [1.807, 2.05) is 13.8 Å². The second-order valence-corrected chi connectivity index (χ2v) is 20.3. The summed E-state index contributed by atoms with van der Waals surface area (Å²) in [5.41, 5.74) is 1.36. The molecule has 0 radical (unpaired) electrons. The van der Waals surface area contributed by atoms with Crippen molar-refractivity contribution in [1.29, 1.82) is 0 Å². The average Bonchev–Trinajstić information content (AvgIpc) is 3.42. The van der Waals surface area contributed by atoms with Crippen molar-refractivity contribution in [2.45, 2.75) is 166 Å². The molecule has 418 valence electrons. The number of nitrogens with zero attached hydrogens (tertiary/aromatic N) is 2. The lowest BCUT2D eigenvalue weighted by molar-refractivity contribution is -0.171. The fourth-order valence-corrected chi connectivity index (χ4v) is 9.83. The molecule has 7 amide bonds. The van der Waals surface area contributed by atoms with Crippen LogP contribution >= 0.6 is 0 Å². The highest BCUT2D eigenvalue weighted by Gasteiger charge is 2.48. The van der Waals surface area contributed by atoms with Gasteiger partial charge in [-0.1, -0.05) is 95.2 Å². The fourth-order valence-electron chi connectivity index (χ4n) is 9.83. The van der Waals surface area contributed by atoms with Crippen LogP contribution in [0.4, 0.5) is 0 Å². The molecule has 2 heterocycles. The zero-order valence-corrected chi connectivity index (χ0v) is 44.9. The van der Waals surface area contributed by atoms with Crippen molar-refractivity contribution in [2.75, 3.05) is 27.9 Å². The standard InChI is InChI=1S/C55H79N7O14/c1-9-31(3)45-55(73)76-33(5)46(60-48(66)39(56-51(69)43(30-63)74-7)25-20-34-16-21-37(64)22-17-34)52(70)58-41(28-36-18-23-38(65)24-19-36)49(67)57-40-26-27-44(75-8)62(53(40)71)47(32(4)10-2)54(72)61(6)42(50(68)59-45)29-35-14-12-11-13-15-35/h11-18,21-23,31-33,36,38-47,63-65H,9-10,19-20,24-30H2,1-8H3,(H,56,69)(H,57,67)(H,58,70)(H,59,68)(H,60,66)/t31-,32-,33+,36-,38-,39+,40-,41-,42-,43+,44?,45-,46-,47-/m0/s1. The van der Waals surface area contributed by atoms with Crippen LogP contribution in [0.5, 0.6) is 5.75 Å². The van der Waals surface area contributed by atoms with Gasteiger partial charge in [-0.15, -0.1) is 0 Å². The molecule has 0 saturated carbocycles. The third-order valence-corrected chi connectivity index (χ3v) is 15.0. The Morgan fingerprint density at radius 1 is 0.816 bits per heavy atom. The van der Waals surface area contributed by atoms with Gasteiger partial charge in [-0.25, -0.2) is 4.79 Å². The number of methoxy groups -OCH3 is 2. The number of likely N-dealkylation sites (N-methyl/N-ethyl adjacent to an activating group) is 1. The van der Waals surface area contributed by atoms with E-state index in [2.05, 4.69) is 26.6 Å². The van der Waals surface area contributed by atoms with Crippen molar-refractivity contribution in [1.82, 2.24) is 36.4 Å². The first-order valence-electron chi connectivity index (χ1n) is 26.4. The Bertz CT molecular complexity index is 2330. The summed E-state index contributed by atoms with van der Waals surface area (Å²) < 4.78 is 17.0. The highest BCUT2D eigenvalue weighted by Crippen LogP contribution is 2.30. The van der Waals surface area contributed by atoms with E-state index in [9.17, 15) is 44.1 Å². The van der Waals surface area contributed by atoms with E-state index in [0.717, 1.165) is 0 Å². The number of aryl methyl sites for hydroxylation is 1. The van der Waals surface area contributed by atoms with E-state index < -0.39 is 133 Å². The Hall–Kier alpha value is -6.42. The van der Waals surface area contributed by atoms with Crippen LogP contribution in [0.15, 0.2) is 66.7 Å². The maximum absolute atomic E-state index is 15.2. The predicted molar refractivity (Wildman–Crippen MR) is 278 cm³/mol. The molecule has 5 rings (SSSR count). The summed E-state index contributed by atoms with van der Waals surface area (Å²) in [5, 5.41) is 43.8. The minimum absolute atomic E-state index is 0.000158. The molecule has 1 aliphatic carbocycles. The molecule has 3 aliphatic rings. The number of benzene rings is 2. The van der Waals surface area contributed by atoms with Crippen molar-refractivity contribution >= 4 is 47.3 Å². The number of phenols is 1. The minimum Gasteiger partial charge on any atom is -0.508 e. The van der Waals surface area contributed by atoms with Gasteiger partial charge in [-0.2, -0.15) is 0 Å². The average molecular weight is 1060 g/mol. The maximum Gasteiger partial charge on any atom is 0.329 e. The largest absolute Gasteiger partial charge is 0.508 e. The number of aromatic hydroxyl groups is 1. The molecule has 0 aromatic heterocycles. The summed E-state index contributed by atoms with van der Waals surface area (Å²) in [7, 11) is 4.08. The Morgan fingerprint density at radius 2 is 1.50 bits per heavy atom. The predicted octanol–water partition coefficient (Wildman–Crippen LogP) is 1.54. The number of piperidine rings is 1. The van der Waals surface area contributed by atoms with E-state index in [-0.39, 0.29) is 50.2 Å². The number of phenolic OH excluding ortho intramolecular Hbond substituents is 1. The summed E-state index contributed by atoms with van der Waals surface area (Å²) in [4.78, 5) is 120. The second-order valence-electron chi connectivity index (χ2n) is 20.3. The number of cyclic esters (lactones) is 1. The highest BCUT2D eigenvalue weighted by atomic mass is 16.5. The number of ether oxygens (including phenoxy) is 3. The van der Waals surface area contributed by atoms with E-state index >= 15 is 9.59 Å². The van der Waals surface area contributed by atoms with E-state index in [4.69, 9.17) is 14.2 Å². The summed E-state index contributed by atoms with van der Waals surface area (Å²) in [6.07, 6.45) is 0.703. The van der Waals surface area contributed by atoms with Gasteiger partial charge in [-0.3, -0.25) is 33.6 Å². The molecule has 0 spiro atoms. The Morgan fingerprint density at radius 3 is 2.11 bits per heavy atom. The lowest BCUT2D eigenvalue weighted by Crippen LogP contribution is -2.66. The molecule has 2 saturated heterocycles. The Labute approximate surface area is 445 Å². The summed E-state index contributed by atoms with van der Waals surface area (Å²) in [6.45, 7) is 7.80. The van der Waals surface area contributed by atoms with E-state index in [1.54, 1.807) is 68.5 Å². The normalized spacial score (nSPS) is 27.8. The lowest BCUT2D eigenvalue weighted by atomic mass is 9.88. The van der Waals surface area contributed by atoms with Crippen molar-refractivity contribution in [3.05, 3.63) is 77.9 Å². The molecule has 2 bridgehead atoms. The molecule has 2 fully saturated rings. The number of esters is 1. The number of nitrogens with one attached hydrogen (secondary N) is 5. The number of hydrogen-bond acceptors (Lipinski definition) is 14. The van der Waals surface area contributed by atoms with Crippen LogP contribution in [0.25, 0.3) is 0 Å². The highest BCUT2D eigenvalue weighted by molar-refractivity contribution is 5.98. The number of hydrogen-bond donors (Lipinski definition) is 8. The Kier molecular flexibility index (Phi) is 22.8. The SMILES string of the molecule is CC[C@H](C)[C@@H]1NC(=O)[C@H](Cc2ccccc2)N(C)C(=O)[C@H]([C@@H](C)CC)N2C(=O)[C@H](CCC2OC)NC(=O)[C@H](C[C@H]2C=C[C@H](O)CC2)NC(=O)[C@@H](NC(=O)[C@@H](CCc2ccc(O)cc2)NC(=O)[C@@H](CO)OC)[C@@H](C)OC1=O. The first-order valence-corrected chi connectivity index (χ1v) is 26.4. The molecule has 2 aromatic carbocycles. The zero-order chi connectivity index (χ0) is 55.8. The summed E-state index contributed by atoms with van der Waals surface area (Å²) in [5.74, 6) is -7.88. The van der Waals surface area contributed by atoms with Gasteiger partial charge < -0.3 is 65.9 Å². The summed E-state index contributed by atoms with van der Waals surface area (Å²) in [6, 6.07) is 5.52. The molecule has 21 nitrogen and oxygen atoms in total. The molecule has 14 atom stereocenters. The third-order valence-electron chi connectivity index (χ3n) is 15.0. The van der Waals surface area contributed by atoms with Crippen LogP contribution in [0.2, 0.25) is 0 Å². The van der Waals surface area contributed by atoms with Crippen LogP contribution in [0.3, 0.4) is 0 Å². The molecular weight excluding hydrogens is 983 g/mol.